The summed E-state index contributed by atoms with van der Waals surface area (Å²) in [5, 5.41) is 2.76. The maximum Gasteiger partial charge on any atom is 0.325 e. The molecule has 0 aliphatic carbocycles. The van der Waals surface area contributed by atoms with Crippen molar-refractivity contribution in [3.05, 3.63) is 0 Å². The van der Waals surface area contributed by atoms with Crippen molar-refractivity contribution in [2.75, 3.05) is 13.2 Å². The first kappa shape index (κ1) is 16.5. The topological polar surface area (TPSA) is 81.7 Å². The van der Waals surface area contributed by atoms with Crippen LogP contribution in [-0.4, -0.2) is 37.1 Å². The molecular weight excluding hydrogens is 262 g/mol. The average molecular weight is 285 g/mol. The highest BCUT2D eigenvalue weighted by Crippen LogP contribution is 2.30. The second-order valence-electron chi connectivity index (χ2n) is 5.01. The van der Waals surface area contributed by atoms with Gasteiger partial charge in [-0.2, -0.15) is 0 Å². The smallest absolute Gasteiger partial charge is 0.325 e. The Bertz CT molecular complexity index is 362. The zero-order valence-corrected chi connectivity index (χ0v) is 12.4. The summed E-state index contributed by atoms with van der Waals surface area (Å²) in [6.45, 7) is 5.19. The number of nitrogens with one attached hydrogen (secondary N) is 1. The Morgan fingerprint density at radius 3 is 2.25 bits per heavy atom. The molecule has 0 saturated carbocycles. The van der Waals surface area contributed by atoms with Gasteiger partial charge in [0.25, 0.3) is 0 Å². The Morgan fingerprint density at radius 2 is 1.75 bits per heavy atom. The van der Waals surface area contributed by atoms with Crippen LogP contribution in [0.1, 0.15) is 46.5 Å². The lowest BCUT2D eigenvalue weighted by molar-refractivity contribution is -0.173. The molecule has 1 unspecified atom stereocenters. The Labute approximate surface area is 119 Å². The lowest BCUT2D eigenvalue weighted by Gasteiger charge is -2.32. The maximum absolute atomic E-state index is 12.2. The molecule has 0 bridgehead atoms. The molecule has 0 spiro atoms. The molecule has 114 valence electrons. The molecule has 6 nitrogen and oxygen atoms in total. The zero-order valence-electron chi connectivity index (χ0n) is 12.4. The van der Waals surface area contributed by atoms with Crippen molar-refractivity contribution in [1.82, 2.24) is 5.32 Å². The Morgan fingerprint density at radius 1 is 1.20 bits per heavy atom. The van der Waals surface area contributed by atoms with Crippen molar-refractivity contribution in [3.8, 4) is 0 Å². The van der Waals surface area contributed by atoms with Crippen LogP contribution in [0.4, 0.5) is 0 Å². The molecule has 1 amide bonds. The van der Waals surface area contributed by atoms with Crippen LogP contribution in [0.25, 0.3) is 0 Å². The fourth-order valence-corrected chi connectivity index (χ4v) is 2.34. The van der Waals surface area contributed by atoms with E-state index >= 15 is 0 Å². The summed E-state index contributed by atoms with van der Waals surface area (Å²) in [6.07, 6.45) is 2.50. The molecule has 1 N–H and O–H groups in total. The van der Waals surface area contributed by atoms with Gasteiger partial charge in [-0.3, -0.25) is 14.4 Å². The fourth-order valence-electron chi connectivity index (χ4n) is 2.34. The van der Waals surface area contributed by atoms with E-state index in [9.17, 15) is 14.4 Å². The standard InChI is InChI=1S/C14H23NO5/c1-4-19-12(17)14(3,13(18)20-5-2)10-8-6-7-9-11(16)15-10/h10H,4-9H2,1-3H3,(H,15,16). The number of amides is 1. The van der Waals surface area contributed by atoms with Gasteiger partial charge < -0.3 is 14.8 Å². The van der Waals surface area contributed by atoms with Gasteiger partial charge in [-0.1, -0.05) is 6.42 Å². The second kappa shape index (κ2) is 7.26. The minimum atomic E-state index is -1.49. The summed E-state index contributed by atoms with van der Waals surface area (Å²) in [5.41, 5.74) is -1.49. The summed E-state index contributed by atoms with van der Waals surface area (Å²) in [6, 6.07) is -0.587. The van der Waals surface area contributed by atoms with Crippen molar-refractivity contribution < 1.29 is 23.9 Å². The van der Waals surface area contributed by atoms with E-state index in [1.165, 1.54) is 6.92 Å². The molecule has 1 fully saturated rings. The highest BCUT2D eigenvalue weighted by Gasteiger charge is 2.51. The number of rotatable bonds is 5. The van der Waals surface area contributed by atoms with Crippen molar-refractivity contribution in [2.45, 2.75) is 52.5 Å². The highest BCUT2D eigenvalue weighted by atomic mass is 16.6. The van der Waals surface area contributed by atoms with E-state index in [0.29, 0.717) is 12.8 Å². The minimum Gasteiger partial charge on any atom is -0.465 e. The molecule has 6 heteroatoms. The second-order valence-corrected chi connectivity index (χ2v) is 5.01. The van der Waals surface area contributed by atoms with Crippen LogP contribution in [0.2, 0.25) is 0 Å². The van der Waals surface area contributed by atoms with E-state index < -0.39 is 23.4 Å². The molecule has 0 radical (unpaired) electrons. The number of carbonyl (C=O) groups excluding carboxylic acids is 3. The van der Waals surface area contributed by atoms with Gasteiger partial charge in [-0.15, -0.1) is 0 Å². The molecule has 1 saturated heterocycles. The molecule has 20 heavy (non-hydrogen) atoms. The number of ether oxygens (including phenoxy) is 2. The first-order valence-electron chi connectivity index (χ1n) is 7.10. The minimum absolute atomic E-state index is 0.146. The quantitative estimate of drug-likeness (QED) is 0.606. The molecule has 0 aromatic heterocycles. The molecule has 1 rings (SSSR count). The molecular formula is C14H23NO5. The van der Waals surface area contributed by atoms with Gasteiger partial charge in [0.15, 0.2) is 5.41 Å². The van der Waals surface area contributed by atoms with E-state index in [4.69, 9.17) is 9.47 Å². The van der Waals surface area contributed by atoms with Gasteiger partial charge in [-0.05, 0) is 33.6 Å². The van der Waals surface area contributed by atoms with Crippen LogP contribution in [0.5, 0.6) is 0 Å². The van der Waals surface area contributed by atoms with E-state index in [1.54, 1.807) is 13.8 Å². The maximum atomic E-state index is 12.2. The number of esters is 2. The van der Waals surface area contributed by atoms with Gasteiger partial charge in [0.05, 0.1) is 19.3 Å². The first-order chi connectivity index (χ1) is 9.46. The van der Waals surface area contributed by atoms with Crippen molar-refractivity contribution >= 4 is 17.8 Å². The molecule has 1 aliphatic rings. The van der Waals surface area contributed by atoms with E-state index in [-0.39, 0.29) is 19.1 Å². The van der Waals surface area contributed by atoms with E-state index in [1.807, 2.05) is 0 Å². The number of hydrogen-bond donors (Lipinski definition) is 1. The average Bonchev–Trinajstić information content (AvgIpc) is 2.63. The lowest BCUT2D eigenvalue weighted by Crippen LogP contribution is -2.55. The van der Waals surface area contributed by atoms with Crippen molar-refractivity contribution in [1.29, 1.82) is 0 Å². The Hall–Kier alpha value is -1.59. The summed E-state index contributed by atoms with van der Waals surface area (Å²) in [7, 11) is 0. The normalized spacial score (nSPS) is 19.8. The third-order valence-electron chi connectivity index (χ3n) is 3.58. The van der Waals surface area contributed by atoms with Crippen LogP contribution < -0.4 is 5.32 Å². The van der Waals surface area contributed by atoms with Crippen LogP contribution in [0, 0.1) is 5.41 Å². The molecule has 1 aliphatic heterocycles. The molecule has 0 aromatic rings. The van der Waals surface area contributed by atoms with Crippen LogP contribution >= 0.6 is 0 Å². The third kappa shape index (κ3) is 3.49. The summed E-state index contributed by atoms with van der Waals surface area (Å²) in [5.74, 6) is -1.44. The highest BCUT2D eigenvalue weighted by molar-refractivity contribution is 6.01. The Kier molecular flexibility index (Phi) is 5.98. The zero-order chi connectivity index (χ0) is 15.2. The van der Waals surface area contributed by atoms with Crippen LogP contribution in [0.15, 0.2) is 0 Å². The van der Waals surface area contributed by atoms with Gasteiger partial charge in [0.1, 0.15) is 0 Å². The lowest BCUT2D eigenvalue weighted by atomic mass is 9.80. The number of carbonyl (C=O) groups is 3. The van der Waals surface area contributed by atoms with Gasteiger partial charge in [-0.25, -0.2) is 0 Å². The Balaban J connectivity index is 3.04. The molecule has 1 heterocycles. The van der Waals surface area contributed by atoms with Crippen LogP contribution in [-0.2, 0) is 23.9 Å². The van der Waals surface area contributed by atoms with Gasteiger partial charge >= 0.3 is 11.9 Å². The summed E-state index contributed by atoms with van der Waals surface area (Å²) in [4.78, 5) is 36.1. The molecule has 1 atom stereocenters. The van der Waals surface area contributed by atoms with E-state index in [2.05, 4.69) is 5.32 Å². The predicted octanol–water partition coefficient (Wildman–Crippen LogP) is 1.18. The van der Waals surface area contributed by atoms with Crippen molar-refractivity contribution in [3.63, 3.8) is 0 Å². The first-order valence-corrected chi connectivity index (χ1v) is 7.10. The predicted molar refractivity (Wildman–Crippen MR) is 71.8 cm³/mol. The SMILES string of the molecule is CCOC(=O)C(C)(C(=O)OCC)C1CCCCC(=O)N1. The fraction of sp³-hybridized carbons (Fsp3) is 0.786. The summed E-state index contributed by atoms with van der Waals surface area (Å²) >= 11 is 0. The van der Waals surface area contributed by atoms with Crippen LogP contribution in [0.3, 0.4) is 0 Å². The largest absolute Gasteiger partial charge is 0.465 e. The monoisotopic (exact) mass is 285 g/mol. The summed E-state index contributed by atoms with van der Waals surface area (Å²) < 4.78 is 10.0. The van der Waals surface area contributed by atoms with Gasteiger partial charge in [0.2, 0.25) is 5.91 Å². The van der Waals surface area contributed by atoms with E-state index in [0.717, 1.165) is 12.8 Å². The third-order valence-corrected chi connectivity index (χ3v) is 3.58. The van der Waals surface area contributed by atoms with Crippen molar-refractivity contribution in [2.24, 2.45) is 5.41 Å². The number of hydrogen-bond acceptors (Lipinski definition) is 5. The molecule has 0 aromatic carbocycles. The van der Waals surface area contributed by atoms with Gasteiger partial charge in [0, 0.05) is 6.42 Å².